The molecule has 2 aromatic rings. The number of aliphatic hydroxyl groups is 1. The number of nitrogens with zero attached hydrogens (tertiary/aromatic N) is 1. The van der Waals surface area contributed by atoms with E-state index >= 15 is 0 Å². The van der Waals surface area contributed by atoms with Gasteiger partial charge in [0.05, 0.1) is 11.4 Å². The Morgan fingerprint density at radius 2 is 2.05 bits per heavy atom. The first kappa shape index (κ1) is 12.5. The number of hydrogen-bond donors (Lipinski definition) is 2. The predicted octanol–water partition coefficient (Wildman–Crippen LogP) is 3.58. The van der Waals surface area contributed by atoms with Gasteiger partial charge in [-0.3, -0.25) is 0 Å². The maximum absolute atomic E-state index is 10.7. The molecule has 2 aliphatic rings. The van der Waals surface area contributed by atoms with Crippen molar-refractivity contribution in [1.82, 2.24) is 0 Å². The fourth-order valence-corrected chi connectivity index (χ4v) is 3.16. The van der Waals surface area contributed by atoms with Gasteiger partial charge in [-0.05, 0) is 30.7 Å². The van der Waals surface area contributed by atoms with Crippen LogP contribution >= 0.6 is 0 Å². The van der Waals surface area contributed by atoms with Gasteiger partial charge >= 0.3 is 0 Å². The summed E-state index contributed by atoms with van der Waals surface area (Å²) >= 11 is 0. The molecule has 2 heterocycles. The minimum absolute atomic E-state index is 0.554. The van der Waals surface area contributed by atoms with Gasteiger partial charge in [0.1, 0.15) is 5.60 Å². The molecule has 0 aliphatic carbocycles. The smallest absolute Gasteiger partial charge is 0.151 e. The lowest BCUT2D eigenvalue weighted by atomic mass is 9.92. The van der Waals surface area contributed by atoms with E-state index in [2.05, 4.69) is 16.3 Å². The van der Waals surface area contributed by atoms with Gasteiger partial charge < -0.3 is 20.1 Å². The summed E-state index contributed by atoms with van der Waals surface area (Å²) in [4.78, 5) is 2.12. The highest BCUT2D eigenvalue weighted by atomic mass is 16.5. The summed E-state index contributed by atoms with van der Waals surface area (Å²) in [5.41, 5.74) is 3.18. The van der Waals surface area contributed by atoms with Crippen LogP contribution < -0.4 is 15.0 Å². The second kappa shape index (κ2) is 4.15. The first-order chi connectivity index (χ1) is 10.1. The number of hydrogen-bond acceptors (Lipinski definition) is 4. The molecule has 4 heteroatoms. The van der Waals surface area contributed by atoms with Crippen molar-refractivity contribution in [2.45, 2.75) is 18.9 Å². The lowest BCUT2D eigenvalue weighted by molar-refractivity contribution is 0.0538. The van der Waals surface area contributed by atoms with Crippen molar-refractivity contribution in [3.8, 4) is 11.5 Å². The Hall–Kier alpha value is -2.20. The van der Waals surface area contributed by atoms with Gasteiger partial charge in [0.15, 0.2) is 11.5 Å². The largest absolute Gasteiger partial charge is 0.453 e. The lowest BCUT2D eigenvalue weighted by Gasteiger charge is -2.31. The van der Waals surface area contributed by atoms with E-state index in [9.17, 15) is 5.11 Å². The fraction of sp³-hybridized carbons (Fsp3) is 0.294. The first-order valence-electron chi connectivity index (χ1n) is 7.28. The number of para-hydroxylation sites is 2. The van der Waals surface area contributed by atoms with Crippen molar-refractivity contribution in [3.63, 3.8) is 0 Å². The summed E-state index contributed by atoms with van der Waals surface area (Å²) < 4.78 is 6.03. The zero-order valence-corrected chi connectivity index (χ0v) is 12.2. The SMILES string of the molecule is CCC1(O)CNc2cc3c(cc21)Oc1ccccc1N3C. The Kier molecular flexibility index (Phi) is 2.48. The van der Waals surface area contributed by atoms with E-state index in [4.69, 9.17) is 4.74 Å². The molecule has 0 aromatic heterocycles. The molecule has 0 radical (unpaired) electrons. The molecule has 0 spiro atoms. The van der Waals surface area contributed by atoms with Crippen LogP contribution in [0.25, 0.3) is 0 Å². The molecule has 2 aromatic carbocycles. The van der Waals surface area contributed by atoms with Crippen LogP contribution in [0.15, 0.2) is 36.4 Å². The van der Waals surface area contributed by atoms with E-state index in [1.165, 1.54) is 0 Å². The Bertz CT molecular complexity index is 729. The fourth-order valence-electron chi connectivity index (χ4n) is 3.16. The molecule has 0 saturated carbocycles. The van der Waals surface area contributed by atoms with E-state index in [0.717, 1.165) is 34.1 Å². The third-order valence-electron chi connectivity index (χ3n) is 4.56. The van der Waals surface area contributed by atoms with Gasteiger partial charge in [-0.15, -0.1) is 0 Å². The summed E-state index contributed by atoms with van der Waals surface area (Å²) in [5.74, 6) is 1.64. The summed E-state index contributed by atoms with van der Waals surface area (Å²) in [5, 5.41) is 14.0. The average molecular weight is 282 g/mol. The third-order valence-corrected chi connectivity index (χ3v) is 4.56. The molecule has 1 unspecified atom stereocenters. The topological polar surface area (TPSA) is 44.7 Å². The number of rotatable bonds is 1. The minimum atomic E-state index is -0.802. The normalized spacial score (nSPS) is 22.0. The molecule has 4 rings (SSSR count). The number of nitrogens with one attached hydrogen (secondary N) is 1. The second-order valence-electron chi connectivity index (χ2n) is 5.73. The molecule has 2 aliphatic heterocycles. The molecule has 0 fully saturated rings. The Morgan fingerprint density at radius 1 is 1.24 bits per heavy atom. The number of benzene rings is 2. The molecule has 2 N–H and O–H groups in total. The lowest BCUT2D eigenvalue weighted by Crippen LogP contribution is -2.26. The maximum Gasteiger partial charge on any atom is 0.151 e. The van der Waals surface area contributed by atoms with Crippen molar-refractivity contribution in [1.29, 1.82) is 0 Å². The van der Waals surface area contributed by atoms with Crippen molar-refractivity contribution in [2.75, 3.05) is 23.8 Å². The van der Waals surface area contributed by atoms with Gasteiger partial charge in [0.25, 0.3) is 0 Å². The van der Waals surface area contributed by atoms with E-state index in [1.807, 2.05) is 44.3 Å². The summed E-state index contributed by atoms with van der Waals surface area (Å²) in [6.07, 6.45) is 0.679. The van der Waals surface area contributed by atoms with Crippen LogP contribution in [0.1, 0.15) is 18.9 Å². The van der Waals surface area contributed by atoms with Gasteiger partial charge in [0, 0.05) is 24.8 Å². The van der Waals surface area contributed by atoms with Crippen molar-refractivity contribution in [2.24, 2.45) is 0 Å². The zero-order chi connectivity index (χ0) is 14.6. The molecule has 0 bridgehead atoms. The van der Waals surface area contributed by atoms with Crippen molar-refractivity contribution >= 4 is 17.1 Å². The Labute approximate surface area is 124 Å². The standard InChI is InChI=1S/C17H18N2O2/c1-3-17(20)10-18-12-9-14-16(8-11(12)17)21-15-7-5-4-6-13(15)19(14)2/h4-9,18,20H,3,10H2,1-2H3. The van der Waals surface area contributed by atoms with Crippen LogP contribution in [-0.4, -0.2) is 18.7 Å². The van der Waals surface area contributed by atoms with Crippen LogP contribution in [0.2, 0.25) is 0 Å². The van der Waals surface area contributed by atoms with E-state index < -0.39 is 5.60 Å². The van der Waals surface area contributed by atoms with Gasteiger partial charge in [-0.25, -0.2) is 0 Å². The number of fused-ring (bicyclic) bond motifs is 3. The quantitative estimate of drug-likeness (QED) is 0.839. The molecule has 0 amide bonds. The highest BCUT2D eigenvalue weighted by Crippen LogP contribution is 2.50. The van der Waals surface area contributed by atoms with Crippen molar-refractivity contribution < 1.29 is 9.84 Å². The second-order valence-corrected chi connectivity index (χ2v) is 5.73. The zero-order valence-electron chi connectivity index (χ0n) is 12.2. The first-order valence-corrected chi connectivity index (χ1v) is 7.28. The molecule has 4 nitrogen and oxygen atoms in total. The number of ether oxygens (including phenoxy) is 1. The van der Waals surface area contributed by atoms with Gasteiger partial charge in [-0.2, -0.15) is 0 Å². The molecule has 21 heavy (non-hydrogen) atoms. The van der Waals surface area contributed by atoms with Gasteiger partial charge in [0.2, 0.25) is 0 Å². The molecule has 108 valence electrons. The summed E-state index contributed by atoms with van der Waals surface area (Å²) in [6.45, 7) is 2.55. The predicted molar refractivity (Wildman–Crippen MR) is 83.7 cm³/mol. The monoisotopic (exact) mass is 282 g/mol. The van der Waals surface area contributed by atoms with Gasteiger partial charge in [-0.1, -0.05) is 19.1 Å². The highest BCUT2D eigenvalue weighted by Gasteiger charge is 2.37. The summed E-state index contributed by atoms with van der Waals surface area (Å²) in [7, 11) is 2.04. The van der Waals surface area contributed by atoms with Crippen molar-refractivity contribution in [3.05, 3.63) is 42.0 Å². The average Bonchev–Trinajstić information content (AvgIpc) is 2.84. The summed E-state index contributed by atoms with van der Waals surface area (Å²) in [6, 6.07) is 12.0. The van der Waals surface area contributed by atoms with Crippen LogP contribution in [0.3, 0.4) is 0 Å². The molecular formula is C17H18N2O2. The van der Waals surface area contributed by atoms with Crippen LogP contribution in [0.4, 0.5) is 17.1 Å². The Morgan fingerprint density at radius 3 is 2.86 bits per heavy atom. The minimum Gasteiger partial charge on any atom is -0.453 e. The number of β-amino-alcohol motifs (C(OH)–C–C–N with tert-alkyl or cyclic N) is 1. The van der Waals surface area contributed by atoms with E-state index in [-0.39, 0.29) is 0 Å². The Balaban J connectivity index is 1.87. The third kappa shape index (κ3) is 1.66. The number of anilines is 3. The van der Waals surface area contributed by atoms with E-state index in [0.29, 0.717) is 13.0 Å². The van der Waals surface area contributed by atoms with Crippen LogP contribution in [0.5, 0.6) is 11.5 Å². The van der Waals surface area contributed by atoms with Crippen LogP contribution in [-0.2, 0) is 5.60 Å². The van der Waals surface area contributed by atoms with E-state index in [1.54, 1.807) is 0 Å². The van der Waals surface area contributed by atoms with Crippen LogP contribution in [0, 0.1) is 0 Å². The maximum atomic E-state index is 10.7. The molecule has 1 atom stereocenters. The molecular weight excluding hydrogens is 264 g/mol. The highest BCUT2D eigenvalue weighted by molar-refractivity contribution is 5.82. The molecule has 0 saturated heterocycles.